The van der Waals surface area contributed by atoms with Gasteiger partial charge in [0.25, 0.3) is 0 Å². The maximum absolute atomic E-state index is 11.6. The molecule has 1 aromatic heterocycles. The number of carbonyl (C=O) groups is 2. The number of nitrogens with one attached hydrogen (secondary N) is 1. The molecule has 1 aromatic rings. The van der Waals surface area contributed by atoms with E-state index < -0.39 is 11.9 Å². The van der Waals surface area contributed by atoms with Crippen molar-refractivity contribution in [3.05, 3.63) is 21.9 Å². The molecule has 1 saturated heterocycles. The summed E-state index contributed by atoms with van der Waals surface area (Å²) in [6, 6.07) is 1.83. The molecule has 2 heterocycles. The summed E-state index contributed by atoms with van der Waals surface area (Å²) in [4.78, 5) is 24.9. The Labute approximate surface area is 103 Å². The highest BCUT2D eigenvalue weighted by molar-refractivity contribution is 7.10. The topological polar surface area (TPSA) is 69.6 Å². The number of carboxylic acid groups (broad SMARTS) is 1. The van der Waals surface area contributed by atoms with E-state index in [1.54, 1.807) is 11.3 Å². The standard InChI is InChI=1S/C11H14N2O3S/c1-7-2-3-17-9(7)4-12-11(16)13-5-8(6-13)10(14)15/h2-3,8H,4-6H2,1H3,(H,12,16)(H,14,15). The Morgan fingerprint density at radius 3 is 2.82 bits per heavy atom. The maximum Gasteiger partial charge on any atom is 0.317 e. The van der Waals surface area contributed by atoms with E-state index in [4.69, 9.17) is 5.11 Å². The van der Waals surface area contributed by atoms with Gasteiger partial charge in [0.2, 0.25) is 0 Å². The first-order chi connectivity index (χ1) is 8.08. The molecule has 1 fully saturated rings. The SMILES string of the molecule is Cc1ccsc1CNC(=O)N1CC(C(=O)O)C1. The van der Waals surface area contributed by atoms with Crippen molar-refractivity contribution in [2.75, 3.05) is 13.1 Å². The van der Waals surface area contributed by atoms with E-state index in [-0.39, 0.29) is 6.03 Å². The lowest BCUT2D eigenvalue weighted by Gasteiger charge is -2.36. The molecule has 0 aliphatic carbocycles. The third-order valence-electron chi connectivity index (χ3n) is 2.89. The molecule has 0 radical (unpaired) electrons. The molecule has 0 bridgehead atoms. The number of carbonyl (C=O) groups excluding carboxylic acids is 1. The molecule has 0 atom stereocenters. The molecule has 1 aliphatic heterocycles. The molecular weight excluding hydrogens is 240 g/mol. The second-order valence-corrected chi connectivity index (χ2v) is 5.13. The van der Waals surface area contributed by atoms with Crippen LogP contribution in [0.25, 0.3) is 0 Å². The first kappa shape index (κ1) is 11.9. The molecule has 0 aromatic carbocycles. The summed E-state index contributed by atoms with van der Waals surface area (Å²) < 4.78 is 0. The minimum atomic E-state index is -0.830. The van der Waals surface area contributed by atoms with Crippen molar-refractivity contribution >= 4 is 23.3 Å². The molecule has 2 N–H and O–H groups in total. The average Bonchev–Trinajstić information content (AvgIpc) is 2.58. The minimum absolute atomic E-state index is 0.185. The van der Waals surface area contributed by atoms with Crippen molar-refractivity contribution < 1.29 is 14.7 Å². The third-order valence-corrected chi connectivity index (χ3v) is 3.91. The van der Waals surface area contributed by atoms with Crippen LogP contribution in [0.3, 0.4) is 0 Å². The van der Waals surface area contributed by atoms with Crippen molar-refractivity contribution in [2.24, 2.45) is 5.92 Å². The summed E-state index contributed by atoms with van der Waals surface area (Å²) >= 11 is 1.61. The number of nitrogens with zero attached hydrogens (tertiary/aromatic N) is 1. The minimum Gasteiger partial charge on any atom is -0.481 e. The predicted octanol–water partition coefficient (Wildman–Crippen LogP) is 1.28. The number of amides is 2. The molecule has 17 heavy (non-hydrogen) atoms. The molecule has 0 unspecified atom stereocenters. The number of likely N-dealkylation sites (tertiary alicyclic amines) is 1. The van der Waals surface area contributed by atoms with Gasteiger partial charge in [-0.25, -0.2) is 4.79 Å². The number of aliphatic carboxylic acids is 1. The van der Waals surface area contributed by atoms with Gasteiger partial charge < -0.3 is 15.3 Å². The lowest BCUT2D eigenvalue weighted by molar-refractivity contribution is -0.146. The Hall–Kier alpha value is -1.56. The average molecular weight is 254 g/mol. The van der Waals surface area contributed by atoms with Crippen molar-refractivity contribution in [3.8, 4) is 0 Å². The van der Waals surface area contributed by atoms with Crippen LogP contribution in [0.1, 0.15) is 10.4 Å². The number of hydrogen-bond donors (Lipinski definition) is 2. The summed E-state index contributed by atoms with van der Waals surface area (Å²) in [7, 11) is 0. The van der Waals surface area contributed by atoms with Crippen LogP contribution in [-0.4, -0.2) is 35.1 Å². The number of aryl methyl sites for hydroxylation is 1. The number of thiophene rings is 1. The van der Waals surface area contributed by atoms with Crippen LogP contribution < -0.4 is 5.32 Å². The monoisotopic (exact) mass is 254 g/mol. The third kappa shape index (κ3) is 2.58. The number of urea groups is 1. The fourth-order valence-corrected chi connectivity index (χ4v) is 2.50. The summed E-state index contributed by atoms with van der Waals surface area (Å²) in [6.45, 7) is 3.13. The van der Waals surface area contributed by atoms with Gasteiger partial charge in [0, 0.05) is 18.0 Å². The zero-order valence-corrected chi connectivity index (χ0v) is 10.3. The summed E-state index contributed by atoms with van der Waals surface area (Å²) in [6.07, 6.45) is 0. The van der Waals surface area contributed by atoms with Crippen LogP contribution in [0.5, 0.6) is 0 Å². The molecule has 6 heteroatoms. The van der Waals surface area contributed by atoms with E-state index >= 15 is 0 Å². The van der Waals surface area contributed by atoms with Gasteiger partial charge in [-0.15, -0.1) is 11.3 Å². The Bertz CT molecular complexity index is 438. The molecule has 0 saturated carbocycles. The summed E-state index contributed by atoms with van der Waals surface area (Å²) in [5.41, 5.74) is 1.17. The Morgan fingerprint density at radius 2 is 2.29 bits per heavy atom. The van der Waals surface area contributed by atoms with Crippen LogP contribution in [0, 0.1) is 12.8 Å². The van der Waals surface area contributed by atoms with Crippen molar-refractivity contribution in [3.63, 3.8) is 0 Å². The smallest absolute Gasteiger partial charge is 0.317 e. The van der Waals surface area contributed by atoms with Gasteiger partial charge in [-0.1, -0.05) is 0 Å². The zero-order chi connectivity index (χ0) is 12.4. The highest BCUT2D eigenvalue weighted by Crippen LogP contribution is 2.17. The summed E-state index contributed by atoms with van der Waals surface area (Å²) in [5.74, 6) is -1.23. The van der Waals surface area contributed by atoms with Gasteiger partial charge in [-0.3, -0.25) is 4.79 Å². The normalized spacial score (nSPS) is 15.5. The zero-order valence-electron chi connectivity index (χ0n) is 9.47. The largest absolute Gasteiger partial charge is 0.481 e. The predicted molar refractivity (Wildman–Crippen MR) is 64.0 cm³/mol. The molecule has 5 nitrogen and oxygen atoms in total. The maximum atomic E-state index is 11.6. The molecule has 2 rings (SSSR count). The van der Waals surface area contributed by atoms with E-state index in [0.29, 0.717) is 19.6 Å². The van der Waals surface area contributed by atoms with Crippen molar-refractivity contribution in [1.29, 1.82) is 0 Å². The van der Waals surface area contributed by atoms with E-state index in [1.165, 1.54) is 10.5 Å². The van der Waals surface area contributed by atoms with E-state index in [1.807, 2.05) is 18.4 Å². The lowest BCUT2D eigenvalue weighted by atomic mass is 10.0. The van der Waals surface area contributed by atoms with Gasteiger partial charge in [0.15, 0.2) is 0 Å². The van der Waals surface area contributed by atoms with Gasteiger partial charge in [0.05, 0.1) is 12.5 Å². The second kappa shape index (κ2) is 4.75. The Morgan fingerprint density at radius 1 is 1.59 bits per heavy atom. The Balaban J connectivity index is 1.76. The van der Waals surface area contributed by atoms with Gasteiger partial charge in [0.1, 0.15) is 0 Å². The fraction of sp³-hybridized carbons (Fsp3) is 0.455. The van der Waals surface area contributed by atoms with Crippen LogP contribution in [0.15, 0.2) is 11.4 Å². The first-order valence-electron chi connectivity index (χ1n) is 5.36. The van der Waals surface area contributed by atoms with Crippen molar-refractivity contribution in [1.82, 2.24) is 10.2 Å². The highest BCUT2D eigenvalue weighted by Gasteiger charge is 2.35. The second-order valence-electron chi connectivity index (χ2n) is 4.13. The van der Waals surface area contributed by atoms with Crippen LogP contribution >= 0.6 is 11.3 Å². The van der Waals surface area contributed by atoms with E-state index in [0.717, 1.165) is 4.88 Å². The first-order valence-corrected chi connectivity index (χ1v) is 6.24. The van der Waals surface area contributed by atoms with Gasteiger partial charge in [-0.2, -0.15) is 0 Å². The van der Waals surface area contributed by atoms with E-state index in [2.05, 4.69) is 5.32 Å². The lowest BCUT2D eigenvalue weighted by Crippen LogP contribution is -2.56. The van der Waals surface area contributed by atoms with E-state index in [9.17, 15) is 9.59 Å². The Kier molecular flexibility index (Phi) is 3.33. The number of hydrogen-bond acceptors (Lipinski definition) is 3. The highest BCUT2D eigenvalue weighted by atomic mass is 32.1. The number of carboxylic acids is 1. The van der Waals surface area contributed by atoms with Gasteiger partial charge in [-0.05, 0) is 23.9 Å². The van der Waals surface area contributed by atoms with Crippen LogP contribution in [0.2, 0.25) is 0 Å². The van der Waals surface area contributed by atoms with Crippen LogP contribution in [0.4, 0.5) is 4.79 Å². The van der Waals surface area contributed by atoms with Crippen LogP contribution in [-0.2, 0) is 11.3 Å². The molecular formula is C11H14N2O3S. The molecule has 92 valence electrons. The van der Waals surface area contributed by atoms with Crippen molar-refractivity contribution in [2.45, 2.75) is 13.5 Å². The fourth-order valence-electron chi connectivity index (χ4n) is 1.65. The summed E-state index contributed by atoms with van der Waals surface area (Å²) in [5, 5.41) is 13.5. The van der Waals surface area contributed by atoms with Gasteiger partial charge >= 0.3 is 12.0 Å². The molecule has 0 spiro atoms. The number of rotatable bonds is 3. The quantitative estimate of drug-likeness (QED) is 0.853. The molecule has 1 aliphatic rings. The molecule has 2 amide bonds.